The predicted molar refractivity (Wildman–Crippen MR) is 112 cm³/mol. The van der Waals surface area contributed by atoms with E-state index < -0.39 is 0 Å². The molecule has 25 heavy (non-hydrogen) atoms. The summed E-state index contributed by atoms with van der Waals surface area (Å²) in [6, 6.07) is 0.314. The van der Waals surface area contributed by atoms with Crippen molar-refractivity contribution in [1.82, 2.24) is 30.4 Å². The molecule has 0 saturated heterocycles. The highest BCUT2D eigenvalue weighted by molar-refractivity contribution is 14.0. The van der Waals surface area contributed by atoms with Gasteiger partial charge in [-0.2, -0.15) is 5.10 Å². The lowest BCUT2D eigenvalue weighted by Gasteiger charge is -2.25. The van der Waals surface area contributed by atoms with Gasteiger partial charge in [-0.05, 0) is 19.3 Å². The molecule has 0 radical (unpaired) electrons. The van der Waals surface area contributed by atoms with Crippen LogP contribution in [0.15, 0.2) is 11.3 Å². The predicted octanol–water partition coefficient (Wildman–Crippen LogP) is 2.46. The third-order valence-corrected chi connectivity index (χ3v) is 5.19. The van der Waals surface area contributed by atoms with E-state index in [0.717, 1.165) is 36.2 Å². The van der Waals surface area contributed by atoms with Crippen LogP contribution in [0.3, 0.4) is 0 Å². The first-order valence-electron chi connectivity index (χ1n) is 8.37. The van der Waals surface area contributed by atoms with E-state index in [4.69, 9.17) is 4.98 Å². The normalized spacial score (nSPS) is 17.2. The average Bonchev–Trinajstić information content (AvgIpc) is 3.17. The van der Waals surface area contributed by atoms with Crippen LogP contribution in [0, 0.1) is 6.92 Å². The minimum atomic E-state index is 0. The van der Waals surface area contributed by atoms with Crippen molar-refractivity contribution in [3.63, 3.8) is 0 Å². The molecule has 0 aromatic carbocycles. The molecule has 0 aliphatic carbocycles. The molecule has 9 heteroatoms. The summed E-state index contributed by atoms with van der Waals surface area (Å²) in [7, 11) is 1.80. The van der Waals surface area contributed by atoms with Crippen molar-refractivity contribution >= 4 is 41.3 Å². The first-order chi connectivity index (χ1) is 11.6. The van der Waals surface area contributed by atoms with Crippen LogP contribution in [0.1, 0.15) is 47.6 Å². The highest BCUT2D eigenvalue weighted by Crippen LogP contribution is 2.23. The Morgan fingerprint density at radius 3 is 2.96 bits per heavy atom. The second kappa shape index (κ2) is 8.93. The van der Waals surface area contributed by atoms with Crippen molar-refractivity contribution in [1.29, 1.82) is 0 Å². The lowest BCUT2D eigenvalue weighted by atomic mass is 10.1. The summed E-state index contributed by atoms with van der Waals surface area (Å²) in [5.74, 6) is 2.34. The maximum absolute atomic E-state index is 4.74. The number of fused-ring (bicyclic) bond motifs is 1. The molecule has 1 unspecified atom stereocenters. The molecular formula is C16H26IN7S. The first kappa shape index (κ1) is 20.1. The van der Waals surface area contributed by atoms with Crippen LogP contribution in [0.5, 0.6) is 0 Å². The Balaban J connectivity index is 0.00000225. The van der Waals surface area contributed by atoms with Gasteiger partial charge in [-0.3, -0.25) is 4.99 Å². The van der Waals surface area contributed by atoms with Gasteiger partial charge >= 0.3 is 0 Å². The Bertz CT molecular complexity index is 722. The molecule has 0 amide bonds. The molecule has 2 aromatic heterocycles. The van der Waals surface area contributed by atoms with Crippen molar-refractivity contribution in [2.75, 3.05) is 7.05 Å². The zero-order chi connectivity index (χ0) is 17.1. The van der Waals surface area contributed by atoms with Gasteiger partial charge in [0, 0.05) is 24.4 Å². The van der Waals surface area contributed by atoms with Gasteiger partial charge in [0.15, 0.2) is 5.96 Å². The highest BCUT2D eigenvalue weighted by atomic mass is 127. The number of rotatable bonds is 4. The Labute approximate surface area is 169 Å². The average molecular weight is 475 g/mol. The number of aliphatic imine (C=N–C) groups is 1. The maximum Gasteiger partial charge on any atom is 0.191 e. The van der Waals surface area contributed by atoms with Gasteiger partial charge < -0.3 is 10.6 Å². The van der Waals surface area contributed by atoms with Crippen LogP contribution in [0.25, 0.3) is 0 Å². The summed E-state index contributed by atoms with van der Waals surface area (Å²) < 4.78 is 1.97. The molecule has 0 saturated carbocycles. The van der Waals surface area contributed by atoms with Gasteiger partial charge in [-0.15, -0.1) is 35.3 Å². The largest absolute Gasteiger partial charge is 0.352 e. The molecule has 3 rings (SSSR count). The van der Waals surface area contributed by atoms with Crippen molar-refractivity contribution in [3.8, 4) is 0 Å². The number of nitrogens with one attached hydrogen (secondary N) is 2. The monoisotopic (exact) mass is 475 g/mol. The number of guanidine groups is 1. The fourth-order valence-corrected chi connectivity index (χ4v) is 4.01. The van der Waals surface area contributed by atoms with E-state index >= 15 is 0 Å². The van der Waals surface area contributed by atoms with E-state index in [1.54, 1.807) is 24.7 Å². The summed E-state index contributed by atoms with van der Waals surface area (Å²) in [5.41, 5.74) is 1.20. The fourth-order valence-electron chi connectivity index (χ4n) is 2.98. The third-order valence-electron chi connectivity index (χ3n) is 4.20. The lowest BCUT2D eigenvalue weighted by molar-refractivity contribution is 0.392. The highest BCUT2D eigenvalue weighted by Gasteiger charge is 2.20. The number of nitrogens with zero attached hydrogens (tertiary/aromatic N) is 5. The van der Waals surface area contributed by atoms with Crippen LogP contribution in [-0.4, -0.2) is 38.8 Å². The first-order valence-corrected chi connectivity index (χ1v) is 9.18. The van der Waals surface area contributed by atoms with Gasteiger partial charge in [-0.25, -0.2) is 14.6 Å². The van der Waals surface area contributed by atoms with Gasteiger partial charge in [-0.1, -0.05) is 13.8 Å². The topological polar surface area (TPSA) is 80.0 Å². The van der Waals surface area contributed by atoms with E-state index in [9.17, 15) is 0 Å². The molecule has 0 spiro atoms. The Hall–Kier alpha value is -1.23. The summed E-state index contributed by atoms with van der Waals surface area (Å²) >= 11 is 1.75. The minimum Gasteiger partial charge on any atom is -0.352 e. The number of aromatic nitrogens is 4. The van der Waals surface area contributed by atoms with Gasteiger partial charge in [0.2, 0.25) is 0 Å². The van der Waals surface area contributed by atoms with Crippen molar-refractivity contribution in [2.45, 2.75) is 58.7 Å². The molecule has 0 bridgehead atoms. The van der Waals surface area contributed by atoms with E-state index in [1.165, 1.54) is 10.6 Å². The second-order valence-corrected chi connectivity index (χ2v) is 7.66. The molecule has 0 fully saturated rings. The van der Waals surface area contributed by atoms with Gasteiger partial charge in [0.25, 0.3) is 0 Å². The molecule has 1 aliphatic rings. The molecule has 1 atom stereocenters. The van der Waals surface area contributed by atoms with Crippen LogP contribution in [0.4, 0.5) is 0 Å². The van der Waals surface area contributed by atoms with Crippen molar-refractivity contribution in [3.05, 3.63) is 27.7 Å². The standard InChI is InChI=1S/C16H25N7S.HI/c1-10(2)15-11(3)24-14(22-15)7-18-16(17-4)21-12-5-6-13-19-9-20-23(13)8-12;/h9-10,12H,5-8H2,1-4H3,(H2,17,18,21);1H. The molecule has 138 valence electrons. The zero-order valence-electron chi connectivity index (χ0n) is 15.1. The Kier molecular flexibility index (Phi) is 7.17. The van der Waals surface area contributed by atoms with Crippen LogP contribution < -0.4 is 10.6 Å². The quantitative estimate of drug-likeness (QED) is 0.404. The summed E-state index contributed by atoms with van der Waals surface area (Å²) in [4.78, 5) is 14.6. The molecular weight excluding hydrogens is 449 g/mol. The fraction of sp³-hybridized carbons (Fsp3) is 0.625. The molecule has 3 heterocycles. The van der Waals surface area contributed by atoms with Gasteiger partial charge in [0.1, 0.15) is 17.2 Å². The smallest absolute Gasteiger partial charge is 0.191 e. The third kappa shape index (κ3) is 4.90. The number of aryl methyl sites for hydroxylation is 2. The van der Waals surface area contributed by atoms with E-state index in [2.05, 4.69) is 46.5 Å². The Morgan fingerprint density at radius 2 is 2.28 bits per heavy atom. The summed E-state index contributed by atoms with van der Waals surface area (Å²) in [6.07, 6.45) is 3.60. The lowest BCUT2D eigenvalue weighted by Crippen LogP contribution is -2.46. The van der Waals surface area contributed by atoms with E-state index in [0.29, 0.717) is 18.5 Å². The number of hydrogen-bond acceptors (Lipinski definition) is 5. The molecule has 1 aliphatic heterocycles. The van der Waals surface area contributed by atoms with Crippen LogP contribution in [0.2, 0.25) is 0 Å². The zero-order valence-corrected chi connectivity index (χ0v) is 18.3. The number of hydrogen-bond donors (Lipinski definition) is 2. The van der Waals surface area contributed by atoms with Crippen molar-refractivity contribution in [2.24, 2.45) is 4.99 Å². The molecule has 7 nitrogen and oxygen atoms in total. The Morgan fingerprint density at radius 1 is 1.48 bits per heavy atom. The number of thiazole rings is 1. The van der Waals surface area contributed by atoms with E-state index in [-0.39, 0.29) is 24.0 Å². The maximum atomic E-state index is 4.74. The summed E-state index contributed by atoms with van der Waals surface area (Å²) in [5, 5.41) is 12.2. The molecule has 2 N–H and O–H groups in total. The second-order valence-electron chi connectivity index (χ2n) is 6.37. The summed E-state index contributed by atoms with van der Waals surface area (Å²) in [6.45, 7) is 8.02. The number of halogens is 1. The van der Waals surface area contributed by atoms with Crippen molar-refractivity contribution < 1.29 is 0 Å². The van der Waals surface area contributed by atoms with Crippen LogP contribution in [-0.2, 0) is 19.5 Å². The van der Waals surface area contributed by atoms with Gasteiger partial charge in [0.05, 0.1) is 18.8 Å². The van der Waals surface area contributed by atoms with Crippen LogP contribution >= 0.6 is 35.3 Å². The minimum absolute atomic E-state index is 0. The van der Waals surface area contributed by atoms with E-state index in [1.807, 2.05) is 4.68 Å². The molecule has 2 aromatic rings. The SMILES string of the molecule is CN=C(NCc1nc(C(C)C)c(C)s1)NC1CCc2ncnn2C1.I.